The van der Waals surface area contributed by atoms with Crippen LogP contribution in [0, 0.1) is 11.3 Å². The first-order valence-corrected chi connectivity index (χ1v) is 16.7. The second-order valence-corrected chi connectivity index (χ2v) is 12.8. The summed E-state index contributed by atoms with van der Waals surface area (Å²) in [5.74, 6) is -7.48. The number of hydrogen-bond acceptors (Lipinski definition) is 12. The number of nitrogens with one attached hydrogen (secondary N) is 7. The summed E-state index contributed by atoms with van der Waals surface area (Å²) in [4.78, 5) is 101. The number of aliphatic hydroxyl groups is 2. The molecule has 0 aliphatic carbocycles. The zero-order chi connectivity index (χ0) is 39.7. The fourth-order valence-electron chi connectivity index (χ4n) is 5.07. The number of carboxylic acid groups (broad SMARTS) is 1. The SMILES string of the molecule is CC(C)C[C@H](NC(=O)[C@@H](N)CCCNC(=N)N)C(=O)N[C@@H](CO)C(=O)N[C@@H](C)C(=O)NCC(=O)N1C[C@H](O)C[C@H]1C(=O)N[C@@H](CCC(N)=O)C(=O)O. The van der Waals surface area contributed by atoms with E-state index < -0.39 is 103 Å². The van der Waals surface area contributed by atoms with Crippen LogP contribution in [0.2, 0.25) is 0 Å². The summed E-state index contributed by atoms with van der Waals surface area (Å²) in [7, 11) is 0. The van der Waals surface area contributed by atoms with Gasteiger partial charge in [-0.1, -0.05) is 13.8 Å². The minimum absolute atomic E-state index is 0.0803. The number of likely N-dealkylation sites (tertiary alicyclic amines) is 1. The van der Waals surface area contributed by atoms with Crippen molar-refractivity contribution < 1.29 is 53.7 Å². The van der Waals surface area contributed by atoms with E-state index in [0.29, 0.717) is 13.0 Å². The Balaban J connectivity index is 2.77. The molecule has 0 aromatic heterocycles. The van der Waals surface area contributed by atoms with Gasteiger partial charge in [-0.25, -0.2) is 4.79 Å². The third-order valence-electron chi connectivity index (χ3n) is 7.86. The van der Waals surface area contributed by atoms with Gasteiger partial charge in [0.2, 0.25) is 41.4 Å². The van der Waals surface area contributed by atoms with Crippen molar-refractivity contribution >= 4 is 53.3 Å². The van der Waals surface area contributed by atoms with E-state index in [-0.39, 0.29) is 50.5 Å². The number of aliphatic carboxylic acids is 1. The molecule has 0 saturated carbocycles. The Labute approximate surface area is 300 Å². The van der Waals surface area contributed by atoms with Crippen LogP contribution < -0.4 is 49.1 Å². The van der Waals surface area contributed by atoms with E-state index in [0.717, 1.165) is 4.90 Å². The quantitative estimate of drug-likeness (QED) is 0.0279. The highest BCUT2D eigenvalue weighted by Crippen LogP contribution is 2.19. The normalized spacial score (nSPS) is 18.2. The fraction of sp³-hybridized carbons (Fsp3) is 0.700. The summed E-state index contributed by atoms with van der Waals surface area (Å²) in [5.41, 5.74) is 16.2. The van der Waals surface area contributed by atoms with Crippen LogP contribution in [0.5, 0.6) is 0 Å². The van der Waals surface area contributed by atoms with Crippen molar-refractivity contribution in [1.29, 1.82) is 5.41 Å². The van der Waals surface area contributed by atoms with Crippen molar-refractivity contribution in [3.63, 3.8) is 0 Å². The van der Waals surface area contributed by atoms with E-state index in [1.165, 1.54) is 6.92 Å². The van der Waals surface area contributed by atoms with Crippen LogP contribution in [0.25, 0.3) is 0 Å². The van der Waals surface area contributed by atoms with Crippen molar-refractivity contribution in [3.8, 4) is 0 Å². The molecule has 0 aromatic rings. The van der Waals surface area contributed by atoms with Gasteiger partial charge in [0.25, 0.3) is 0 Å². The molecule has 0 bridgehead atoms. The van der Waals surface area contributed by atoms with Gasteiger partial charge in [-0.3, -0.25) is 39.0 Å². The monoisotopic (exact) mass is 743 g/mol. The standard InChI is InChI=1S/C30H53N11O11/c1-14(2)9-19(39-25(47)17(31)5-4-8-35-30(33)34)26(48)40-20(13-42)27(49)37-15(3)24(46)36-11-23(45)41-12-16(43)10-21(41)28(50)38-18(29(51)52)6-7-22(32)44/h14-21,42-43H,4-13,31H2,1-3H3,(H2,32,44)(H,36,46)(H,37,49)(H,38,50)(H,39,47)(H,40,48)(H,51,52)(H4,33,34,35)/t15-,16+,17-,18-,19-,20-,21-/m0/s1. The zero-order valence-electron chi connectivity index (χ0n) is 29.5. The fourth-order valence-corrected chi connectivity index (χ4v) is 5.07. The lowest BCUT2D eigenvalue weighted by Crippen LogP contribution is -2.58. The molecule has 0 aromatic carbocycles. The summed E-state index contributed by atoms with van der Waals surface area (Å²) in [6.45, 7) is 3.33. The molecule has 294 valence electrons. The summed E-state index contributed by atoms with van der Waals surface area (Å²) in [6.07, 6.45) is -1.17. The number of aliphatic hydroxyl groups excluding tert-OH is 2. The van der Waals surface area contributed by atoms with Gasteiger partial charge in [0, 0.05) is 25.9 Å². The molecule has 1 fully saturated rings. The molecule has 16 N–H and O–H groups in total. The Morgan fingerprint density at radius 3 is 2.02 bits per heavy atom. The van der Waals surface area contributed by atoms with Gasteiger partial charge < -0.3 is 69.3 Å². The number of amides is 7. The van der Waals surface area contributed by atoms with Crippen LogP contribution in [-0.4, -0.2) is 142 Å². The van der Waals surface area contributed by atoms with Crippen LogP contribution in [0.3, 0.4) is 0 Å². The Bertz CT molecular complexity index is 1320. The highest BCUT2D eigenvalue weighted by Gasteiger charge is 2.40. The number of carbonyl (C=O) groups excluding carboxylic acids is 7. The predicted octanol–water partition coefficient (Wildman–Crippen LogP) is -6.00. The number of primary amides is 1. The van der Waals surface area contributed by atoms with E-state index in [9.17, 15) is 53.7 Å². The molecule has 1 aliphatic rings. The average Bonchev–Trinajstić information content (AvgIpc) is 3.46. The molecule has 7 atom stereocenters. The van der Waals surface area contributed by atoms with Crippen molar-refractivity contribution in [1.82, 2.24) is 36.8 Å². The van der Waals surface area contributed by atoms with Crippen molar-refractivity contribution in [2.24, 2.45) is 23.1 Å². The first-order valence-electron chi connectivity index (χ1n) is 16.7. The maximum absolute atomic E-state index is 13.1. The average molecular weight is 744 g/mol. The molecule has 1 heterocycles. The van der Waals surface area contributed by atoms with Gasteiger partial charge in [0.1, 0.15) is 30.2 Å². The second-order valence-electron chi connectivity index (χ2n) is 12.8. The van der Waals surface area contributed by atoms with Gasteiger partial charge in [0.15, 0.2) is 5.96 Å². The number of hydrogen-bond donors (Lipinski definition) is 13. The van der Waals surface area contributed by atoms with E-state index >= 15 is 0 Å². The van der Waals surface area contributed by atoms with E-state index in [1.54, 1.807) is 13.8 Å². The minimum atomic E-state index is -1.54. The molecule has 52 heavy (non-hydrogen) atoms. The number of nitrogens with zero attached hydrogens (tertiary/aromatic N) is 1. The molecule has 7 amide bonds. The van der Waals surface area contributed by atoms with Crippen LogP contribution in [0.4, 0.5) is 0 Å². The third-order valence-corrected chi connectivity index (χ3v) is 7.86. The van der Waals surface area contributed by atoms with E-state index in [2.05, 4.69) is 31.9 Å². The largest absolute Gasteiger partial charge is 0.480 e. The van der Waals surface area contributed by atoms with Crippen LogP contribution >= 0.6 is 0 Å². The topological polar surface area (TPSA) is 375 Å². The van der Waals surface area contributed by atoms with Crippen LogP contribution in [0.1, 0.15) is 59.3 Å². The summed E-state index contributed by atoms with van der Waals surface area (Å²) >= 11 is 0. The molecular formula is C30H53N11O11. The van der Waals surface area contributed by atoms with Gasteiger partial charge >= 0.3 is 5.97 Å². The van der Waals surface area contributed by atoms with Gasteiger partial charge in [0.05, 0.1) is 25.3 Å². The van der Waals surface area contributed by atoms with Gasteiger partial charge in [-0.15, -0.1) is 0 Å². The first-order chi connectivity index (χ1) is 24.3. The molecule has 0 unspecified atom stereocenters. The Morgan fingerprint density at radius 1 is 0.846 bits per heavy atom. The molecule has 1 rings (SSSR count). The number of rotatable bonds is 22. The molecule has 0 radical (unpaired) electrons. The molecule has 22 heteroatoms. The molecule has 0 spiro atoms. The maximum Gasteiger partial charge on any atom is 0.326 e. The number of nitrogens with two attached hydrogens (primary N) is 3. The number of carbonyl (C=O) groups is 8. The van der Waals surface area contributed by atoms with E-state index in [1.807, 2.05) is 0 Å². The minimum Gasteiger partial charge on any atom is -0.480 e. The molecule has 1 saturated heterocycles. The van der Waals surface area contributed by atoms with Crippen LogP contribution in [0.15, 0.2) is 0 Å². The smallest absolute Gasteiger partial charge is 0.326 e. The summed E-state index contributed by atoms with van der Waals surface area (Å²) < 4.78 is 0. The highest BCUT2D eigenvalue weighted by molar-refractivity contribution is 5.96. The third kappa shape index (κ3) is 15.9. The van der Waals surface area contributed by atoms with Crippen molar-refractivity contribution in [3.05, 3.63) is 0 Å². The van der Waals surface area contributed by atoms with E-state index in [4.69, 9.17) is 22.6 Å². The Kier molecular flexibility index (Phi) is 19.0. The molecule has 1 aliphatic heterocycles. The van der Waals surface area contributed by atoms with Crippen molar-refractivity contribution in [2.45, 2.75) is 102 Å². The number of guanidine groups is 1. The summed E-state index contributed by atoms with van der Waals surface area (Å²) in [6, 6.07) is -7.70. The number of carboxylic acids is 1. The molecular weight excluding hydrogens is 690 g/mol. The second kappa shape index (κ2) is 22.0. The predicted molar refractivity (Wildman–Crippen MR) is 182 cm³/mol. The lowest BCUT2D eigenvalue weighted by Gasteiger charge is -2.26. The van der Waals surface area contributed by atoms with Gasteiger partial charge in [-0.2, -0.15) is 0 Å². The maximum atomic E-state index is 13.1. The Morgan fingerprint density at radius 2 is 1.46 bits per heavy atom. The Hall–Kier alpha value is -5.09. The lowest BCUT2D eigenvalue weighted by atomic mass is 10.0. The molecule has 22 nitrogen and oxygen atoms in total. The number of β-amino-alcohol motifs (C(OH)–C–C–N with tert-alkyl or cyclic N) is 1. The lowest BCUT2D eigenvalue weighted by molar-refractivity contribution is -0.144. The first kappa shape index (κ1) is 44.9. The van der Waals surface area contributed by atoms with Crippen LogP contribution in [-0.2, 0) is 38.4 Å². The van der Waals surface area contributed by atoms with Crippen molar-refractivity contribution in [2.75, 3.05) is 26.2 Å². The summed E-state index contributed by atoms with van der Waals surface area (Å²) in [5, 5.41) is 50.8. The van der Waals surface area contributed by atoms with Gasteiger partial charge in [-0.05, 0) is 38.5 Å². The zero-order valence-corrected chi connectivity index (χ0v) is 29.5. The highest BCUT2D eigenvalue weighted by atomic mass is 16.4.